The lowest BCUT2D eigenvalue weighted by Crippen LogP contribution is -2.08. The van der Waals surface area contributed by atoms with Crippen molar-refractivity contribution in [1.29, 1.82) is 0 Å². The zero-order chi connectivity index (χ0) is 14.1. The van der Waals surface area contributed by atoms with Crippen molar-refractivity contribution < 1.29 is 10.0 Å². The number of rotatable bonds is 9. The van der Waals surface area contributed by atoms with Gasteiger partial charge in [0.25, 0.3) is 5.69 Å². The van der Waals surface area contributed by atoms with Crippen LogP contribution in [0.25, 0.3) is 0 Å². The summed E-state index contributed by atoms with van der Waals surface area (Å²) in [6.45, 7) is 0.959. The summed E-state index contributed by atoms with van der Waals surface area (Å²) in [6.07, 6.45) is 3.78. The van der Waals surface area contributed by atoms with Gasteiger partial charge in [-0.1, -0.05) is 12.8 Å². The van der Waals surface area contributed by atoms with Crippen molar-refractivity contribution in [3.8, 4) is 0 Å². The Balaban J connectivity index is 2.48. The lowest BCUT2D eigenvalue weighted by atomic mass is 10.2. The molecule has 0 unspecified atom stereocenters. The number of hydrazine groups is 1. The highest BCUT2D eigenvalue weighted by Gasteiger charge is 2.08. The van der Waals surface area contributed by atoms with Gasteiger partial charge in [0.15, 0.2) is 0 Å². The van der Waals surface area contributed by atoms with E-state index in [1.807, 2.05) is 0 Å². The molecule has 0 saturated heterocycles. The van der Waals surface area contributed by atoms with E-state index in [2.05, 4.69) is 10.7 Å². The van der Waals surface area contributed by atoms with Crippen LogP contribution in [-0.4, -0.2) is 23.2 Å². The molecule has 0 aliphatic carbocycles. The van der Waals surface area contributed by atoms with E-state index >= 15 is 0 Å². The second-order valence-electron chi connectivity index (χ2n) is 4.23. The maximum absolute atomic E-state index is 10.8. The van der Waals surface area contributed by atoms with Gasteiger partial charge in [-0.05, 0) is 18.9 Å². The quantitative estimate of drug-likeness (QED) is 0.235. The number of nitro groups is 1. The first-order valence-electron chi connectivity index (χ1n) is 6.28. The highest BCUT2D eigenvalue weighted by Crippen LogP contribution is 2.23. The van der Waals surface area contributed by atoms with Gasteiger partial charge in [0.05, 0.1) is 10.6 Å². The normalized spacial score (nSPS) is 10.2. The van der Waals surface area contributed by atoms with Crippen molar-refractivity contribution in [2.24, 2.45) is 5.84 Å². The number of aliphatic hydroxyl groups is 1. The molecule has 0 saturated carbocycles. The first-order valence-corrected chi connectivity index (χ1v) is 6.28. The number of anilines is 2. The van der Waals surface area contributed by atoms with Crippen molar-refractivity contribution in [3.05, 3.63) is 28.3 Å². The highest BCUT2D eigenvalue weighted by atomic mass is 16.6. The SMILES string of the molecule is NNc1cc(NCCCCCCO)cc([N+](=O)[O-])c1. The van der Waals surface area contributed by atoms with Crippen LogP contribution in [-0.2, 0) is 0 Å². The second kappa shape index (κ2) is 8.28. The standard InChI is InChI=1S/C12H20N4O3/c13-15-11-7-10(8-12(9-11)16(18)19)14-5-3-1-2-4-6-17/h7-9,14-15,17H,1-6,13H2. The number of non-ortho nitro benzene ring substituents is 1. The Kier molecular flexibility index (Phi) is 6.62. The Bertz CT molecular complexity index is 412. The third kappa shape index (κ3) is 5.54. The first-order chi connectivity index (χ1) is 9.17. The molecular formula is C12H20N4O3. The van der Waals surface area contributed by atoms with Crippen LogP contribution < -0.4 is 16.6 Å². The van der Waals surface area contributed by atoms with Gasteiger partial charge in [-0.2, -0.15) is 0 Å². The molecule has 0 aliphatic rings. The third-order valence-corrected chi connectivity index (χ3v) is 2.71. The monoisotopic (exact) mass is 268 g/mol. The number of benzene rings is 1. The molecule has 1 rings (SSSR count). The maximum atomic E-state index is 10.8. The molecule has 0 atom stereocenters. The number of hydrogen-bond donors (Lipinski definition) is 4. The van der Waals surface area contributed by atoms with Crippen molar-refractivity contribution in [2.45, 2.75) is 25.7 Å². The number of unbranched alkanes of at least 4 members (excludes halogenated alkanes) is 3. The van der Waals surface area contributed by atoms with Crippen molar-refractivity contribution in [1.82, 2.24) is 0 Å². The highest BCUT2D eigenvalue weighted by molar-refractivity contribution is 5.63. The van der Waals surface area contributed by atoms with Gasteiger partial charge in [0, 0.05) is 31.0 Å². The number of nitrogens with zero attached hydrogens (tertiary/aromatic N) is 1. The van der Waals surface area contributed by atoms with Crippen LogP contribution in [0.4, 0.5) is 17.1 Å². The number of aliphatic hydroxyl groups excluding tert-OH is 1. The zero-order valence-corrected chi connectivity index (χ0v) is 10.8. The van der Waals surface area contributed by atoms with Gasteiger partial charge in [-0.25, -0.2) is 0 Å². The Morgan fingerprint density at radius 3 is 2.47 bits per heavy atom. The molecule has 0 aromatic heterocycles. The minimum Gasteiger partial charge on any atom is -0.396 e. The molecule has 0 aliphatic heterocycles. The van der Waals surface area contributed by atoms with E-state index in [1.165, 1.54) is 12.1 Å². The van der Waals surface area contributed by atoms with Gasteiger partial charge >= 0.3 is 0 Å². The average molecular weight is 268 g/mol. The molecule has 5 N–H and O–H groups in total. The van der Waals surface area contributed by atoms with E-state index in [0.29, 0.717) is 11.4 Å². The molecule has 0 radical (unpaired) electrons. The summed E-state index contributed by atoms with van der Waals surface area (Å²) in [5, 5.41) is 22.5. The predicted molar refractivity (Wildman–Crippen MR) is 75.0 cm³/mol. The maximum Gasteiger partial charge on any atom is 0.273 e. The van der Waals surface area contributed by atoms with Crippen molar-refractivity contribution in [2.75, 3.05) is 23.9 Å². The van der Waals surface area contributed by atoms with Gasteiger partial charge in [0.2, 0.25) is 0 Å². The van der Waals surface area contributed by atoms with Crippen LogP contribution in [0.5, 0.6) is 0 Å². The summed E-state index contributed by atoms with van der Waals surface area (Å²) >= 11 is 0. The Labute approximate surface area is 111 Å². The summed E-state index contributed by atoms with van der Waals surface area (Å²) in [5.41, 5.74) is 3.57. The van der Waals surface area contributed by atoms with Crippen LogP contribution in [0.2, 0.25) is 0 Å². The Morgan fingerprint density at radius 1 is 1.16 bits per heavy atom. The number of hydrogen-bond acceptors (Lipinski definition) is 6. The Morgan fingerprint density at radius 2 is 1.84 bits per heavy atom. The molecule has 1 aromatic rings. The topological polar surface area (TPSA) is 113 Å². The molecule has 0 spiro atoms. The fourth-order valence-corrected chi connectivity index (χ4v) is 1.73. The summed E-state index contributed by atoms with van der Waals surface area (Å²) in [6, 6.07) is 4.59. The average Bonchev–Trinajstić information content (AvgIpc) is 2.42. The summed E-state index contributed by atoms with van der Waals surface area (Å²) in [4.78, 5) is 10.3. The largest absolute Gasteiger partial charge is 0.396 e. The molecule has 0 fully saturated rings. The van der Waals surface area contributed by atoms with E-state index in [4.69, 9.17) is 10.9 Å². The molecular weight excluding hydrogens is 248 g/mol. The molecule has 106 valence electrons. The van der Waals surface area contributed by atoms with E-state index < -0.39 is 4.92 Å². The van der Waals surface area contributed by atoms with E-state index in [1.54, 1.807) is 6.07 Å². The fourth-order valence-electron chi connectivity index (χ4n) is 1.73. The minimum atomic E-state index is -0.451. The summed E-state index contributed by atoms with van der Waals surface area (Å²) in [5.74, 6) is 5.27. The zero-order valence-electron chi connectivity index (χ0n) is 10.8. The van der Waals surface area contributed by atoms with Crippen molar-refractivity contribution in [3.63, 3.8) is 0 Å². The molecule has 7 heteroatoms. The predicted octanol–water partition coefficient (Wildman–Crippen LogP) is 1.84. The van der Waals surface area contributed by atoms with Crippen LogP contribution in [0.15, 0.2) is 18.2 Å². The van der Waals surface area contributed by atoms with Crippen LogP contribution in [0.3, 0.4) is 0 Å². The molecule has 0 heterocycles. The lowest BCUT2D eigenvalue weighted by Gasteiger charge is -2.08. The number of nitrogens with two attached hydrogens (primary N) is 1. The summed E-state index contributed by atoms with van der Waals surface area (Å²) < 4.78 is 0. The molecule has 7 nitrogen and oxygen atoms in total. The molecule has 19 heavy (non-hydrogen) atoms. The molecule has 0 bridgehead atoms. The van der Waals surface area contributed by atoms with Gasteiger partial charge in [0.1, 0.15) is 0 Å². The van der Waals surface area contributed by atoms with E-state index in [-0.39, 0.29) is 12.3 Å². The second-order valence-corrected chi connectivity index (χ2v) is 4.23. The van der Waals surface area contributed by atoms with Crippen molar-refractivity contribution >= 4 is 17.1 Å². The van der Waals surface area contributed by atoms with Crippen LogP contribution in [0.1, 0.15) is 25.7 Å². The smallest absolute Gasteiger partial charge is 0.273 e. The first kappa shape index (κ1) is 15.2. The van der Waals surface area contributed by atoms with Gasteiger partial charge < -0.3 is 15.8 Å². The van der Waals surface area contributed by atoms with E-state index in [9.17, 15) is 10.1 Å². The summed E-state index contributed by atoms with van der Waals surface area (Å²) in [7, 11) is 0. The Hall–Kier alpha value is -1.86. The van der Waals surface area contributed by atoms with Crippen LogP contribution >= 0.6 is 0 Å². The molecule has 1 aromatic carbocycles. The van der Waals surface area contributed by atoms with E-state index in [0.717, 1.165) is 32.2 Å². The lowest BCUT2D eigenvalue weighted by molar-refractivity contribution is -0.384. The van der Waals surface area contributed by atoms with Gasteiger partial charge in [-0.3, -0.25) is 16.0 Å². The number of nitro benzene ring substituents is 1. The molecule has 0 amide bonds. The van der Waals surface area contributed by atoms with Crippen LogP contribution in [0, 0.1) is 10.1 Å². The fraction of sp³-hybridized carbons (Fsp3) is 0.500. The third-order valence-electron chi connectivity index (χ3n) is 2.71. The number of nitrogen functional groups attached to an aromatic ring is 1. The van der Waals surface area contributed by atoms with Gasteiger partial charge in [-0.15, -0.1) is 0 Å². The number of nitrogens with one attached hydrogen (secondary N) is 2. The minimum absolute atomic E-state index is 0.00164.